The Kier molecular flexibility index (Phi) is 8.29. The molecule has 2 aromatic rings. The predicted octanol–water partition coefficient (Wildman–Crippen LogP) is 14.2. The lowest BCUT2D eigenvalue weighted by atomic mass is 9.72. The number of fused-ring (bicyclic) bond motifs is 4. The largest absolute Gasteiger partial charge is 0.0619 e. The van der Waals surface area contributed by atoms with E-state index in [1.54, 1.807) is 0 Å². The Morgan fingerprint density at radius 1 is 0.373 bits per heavy atom. The van der Waals surface area contributed by atoms with Gasteiger partial charge in [0.05, 0.1) is 0 Å². The van der Waals surface area contributed by atoms with Gasteiger partial charge in [-0.3, -0.25) is 0 Å². The molecule has 0 fully saturated rings. The molecule has 0 amide bonds. The van der Waals surface area contributed by atoms with Crippen LogP contribution in [0.25, 0.3) is 33.9 Å². The number of hydrogen-bond acceptors (Lipinski definition) is 0. The highest BCUT2D eigenvalue weighted by Gasteiger charge is 2.35. The highest BCUT2D eigenvalue weighted by Crippen LogP contribution is 2.52. The SMILES string of the molecule is CC(C)(C)c1ccc2c(C=C3c4ccccc4C(c4cc(C(C)(C)C)c5ccc(C(C)(C)C)ccc4-5)c4ccccc43)cc(C(C)(C)C)c-2cc1. The summed E-state index contributed by atoms with van der Waals surface area (Å²) in [4.78, 5) is 0. The minimum absolute atomic E-state index is 0.0120. The van der Waals surface area contributed by atoms with Gasteiger partial charge in [-0.25, -0.2) is 0 Å². The van der Waals surface area contributed by atoms with Crippen LogP contribution in [0.5, 0.6) is 0 Å². The zero-order valence-electron chi connectivity index (χ0n) is 33.0. The van der Waals surface area contributed by atoms with Gasteiger partial charge in [0, 0.05) is 5.92 Å². The minimum Gasteiger partial charge on any atom is -0.0619 e. The van der Waals surface area contributed by atoms with Gasteiger partial charge >= 0.3 is 0 Å². The van der Waals surface area contributed by atoms with Crippen molar-refractivity contribution in [2.24, 2.45) is 0 Å². The number of hydrogen-bond donors (Lipinski definition) is 0. The third kappa shape index (κ3) is 6.26. The van der Waals surface area contributed by atoms with Crippen LogP contribution in [0.3, 0.4) is 0 Å². The second-order valence-corrected chi connectivity index (χ2v) is 19.1. The van der Waals surface area contributed by atoms with Crippen molar-refractivity contribution in [1.82, 2.24) is 0 Å². The first-order valence-corrected chi connectivity index (χ1v) is 18.9. The molecule has 5 aliphatic rings. The lowest BCUT2D eigenvalue weighted by Gasteiger charge is -2.31. The van der Waals surface area contributed by atoms with Gasteiger partial charge in [0.2, 0.25) is 0 Å². The molecule has 0 nitrogen and oxygen atoms in total. The molecule has 0 radical (unpaired) electrons. The molecule has 5 aliphatic carbocycles. The Balaban J connectivity index is 1.49. The summed E-state index contributed by atoms with van der Waals surface area (Å²) < 4.78 is 0. The van der Waals surface area contributed by atoms with E-state index in [2.05, 4.69) is 198 Å². The lowest BCUT2D eigenvalue weighted by Crippen LogP contribution is -2.14. The van der Waals surface area contributed by atoms with E-state index < -0.39 is 0 Å². The van der Waals surface area contributed by atoms with E-state index >= 15 is 0 Å². The standard InChI is InChI=1S/C51H56/c1-48(2,3)33-21-25-35-32(30-45(50(7,8)9)39(35)27-23-33)29-43-36-17-13-15-19-41(36)47(42-20-16-14-18-37(42)43)44-31-46(51(10,11)12)40-28-24-34(49(4,5)6)22-26-38(40)44/h13-31,47H,1-12H3. The molecule has 0 atom stereocenters. The van der Waals surface area contributed by atoms with Gasteiger partial charge in [0.15, 0.2) is 0 Å². The molecule has 0 saturated carbocycles. The lowest BCUT2D eigenvalue weighted by molar-refractivity contribution is 0.590. The van der Waals surface area contributed by atoms with Gasteiger partial charge < -0.3 is 0 Å². The van der Waals surface area contributed by atoms with Crippen LogP contribution in [-0.4, -0.2) is 0 Å². The van der Waals surface area contributed by atoms with Crippen LogP contribution < -0.4 is 0 Å². The first-order chi connectivity index (χ1) is 23.8. The molecule has 0 heterocycles. The van der Waals surface area contributed by atoms with Crippen LogP contribution in [0, 0.1) is 0 Å². The van der Waals surface area contributed by atoms with Crippen LogP contribution in [0.2, 0.25) is 0 Å². The predicted molar refractivity (Wildman–Crippen MR) is 222 cm³/mol. The van der Waals surface area contributed by atoms with Crippen LogP contribution in [0.1, 0.15) is 145 Å². The first-order valence-electron chi connectivity index (χ1n) is 18.9. The molecular formula is C51H56. The van der Waals surface area contributed by atoms with Gasteiger partial charge in [-0.15, -0.1) is 0 Å². The van der Waals surface area contributed by atoms with Gasteiger partial charge in [-0.1, -0.05) is 186 Å². The van der Waals surface area contributed by atoms with Crippen molar-refractivity contribution >= 4 is 11.6 Å². The Hall–Kier alpha value is -4.42. The summed E-state index contributed by atoms with van der Waals surface area (Å²) in [6, 6.07) is 42.3. The van der Waals surface area contributed by atoms with Gasteiger partial charge in [-0.05, 0) is 117 Å². The molecule has 0 heteroatoms. The van der Waals surface area contributed by atoms with E-state index in [-0.39, 0.29) is 27.6 Å². The van der Waals surface area contributed by atoms with Crippen molar-refractivity contribution in [2.75, 3.05) is 0 Å². The quantitative estimate of drug-likeness (QED) is 0.172. The molecule has 7 rings (SSSR count). The Labute approximate surface area is 308 Å². The van der Waals surface area contributed by atoms with Crippen LogP contribution in [-0.2, 0) is 21.7 Å². The summed E-state index contributed by atoms with van der Waals surface area (Å²) in [5.41, 5.74) is 20.5. The van der Waals surface area contributed by atoms with Gasteiger partial charge in [0.25, 0.3) is 0 Å². The minimum atomic E-state index is 0.0120. The summed E-state index contributed by atoms with van der Waals surface area (Å²) in [5.74, 6) is 0.127. The molecule has 260 valence electrons. The average Bonchev–Trinajstić information content (AvgIpc) is 3.36. The van der Waals surface area contributed by atoms with Gasteiger partial charge in [-0.2, -0.15) is 0 Å². The number of rotatable bonds is 2. The maximum atomic E-state index is 2.53. The molecular weight excluding hydrogens is 613 g/mol. The molecule has 0 aliphatic heterocycles. The van der Waals surface area contributed by atoms with Crippen molar-refractivity contribution < 1.29 is 0 Å². The second-order valence-electron chi connectivity index (χ2n) is 19.1. The Morgan fingerprint density at radius 2 is 0.784 bits per heavy atom. The van der Waals surface area contributed by atoms with Gasteiger partial charge in [0.1, 0.15) is 0 Å². The van der Waals surface area contributed by atoms with Crippen molar-refractivity contribution in [3.8, 4) is 22.3 Å². The second kappa shape index (κ2) is 12.1. The van der Waals surface area contributed by atoms with Crippen molar-refractivity contribution in [2.45, 2.75) is 111 Å². The van der Waals surface area contributed by atoms with Crippen LogP contribution >= 0.6 is 0 Å². The van der Waals surface area contributed by atoms with Crippen molar-refractivity contribution in [3.63, 3.8) is 0 Å². The normalized spacial score (nSPS) is 15.2. The average molecular weight is 669 g/mol. The summed E-state index contributed by atoms with van der Waals surface area (Å²) >= 11 is 0. The van der Waals surface area contributed by atoms with Crippen molar-refractivity contribution in [1.29, 1.82) is 0 Å². The zero-order valence-corrected chi connectivity index (χ0v) is 33.0. The molecule has 0 aromatic heterocycles. The molecule has 0 bridgehead atoms. The van der Waals surface area contributed by atoms with Crippen molar-refractivity contribution in [3.05, 3.63) is 165 Å². The maximum absolute atomic E-state index is 2.53. The highest BCUT2D eigenvalue weighted by atomic mass is 14.4. The molecule has 51 heavy (non-hydrogen) atoms. The number of benzene rings is 2. The zero-order chi connectivity index (χ0) is 36.7. The molecule has 0 spiro atoms. The third-order valence-corrected chi connectivity index (χ3v) is 11.2. The Morgan fingerprint density at radius 3 is 1.25 bits per heavy atom. The van der Waals surface area contributed by atoms with E-state index in [1.807, 2.05) is 0 Å². The summed E-state index contributed by atoms with van der Waals surface area (Å²) in [7, 11) is 0. The van der Waals surface area contributed by atoms with E-state index in [1.165, 1.54) is 83.5 Å². The van der Waals surface area contributed by atoms with E-state index in [4.69, 9.17) is 0 Å². The van der Waals surface area contributed by atoms with E-state index in [9.17, 15) is 0 Å². The third-order valence-electron chi connectivity index (χ3n) is 11.2. The van der Waals surface area contributed by atoms with E-state index in [0.717, 1.165) is 0 Å². The summed E-state index contributed by atoms with van der Waals surface area (Å²) in [5, 5.41) is 0. The highest BCUT2D eigenvalue weighted by molar-refractivity contribution is 6.00. The van der Waals surface area contributed by atoms with Crippen LogP contribution in [0.15, 0.2) is 109 Å². The molecule has 0 N–H and O–H groups in total. The monoisotopic (exact) mass is 668 g/mol. The molecule has 0 saturated heterocycles. The fourth-order valence-electron chi connectivity index (χ4n) is 8.30. The van der Waals surface area contributed by atoms with Crippen LogP contribution in [0.4, 0.5) is 0 Å². The summed E-state index contributed by atoms with van der Waals surface area (Å²) in [6.45, 7) is 27.9. The first kappa shape index (κ1) is 35.0. The smallest absolute Gasteiger partial charge is 0.0358 e. The van der Waals surface area contributed by atoms with E-state index in [0.29, 0.717) is 0 Å². The fourth-order valence-corrected chi connectivity index (χ4v) is 8.30. The maximum Gasteiger partial charge on any atom is 0.0358 e. The molecule has 0 unspecified atom stereocenters. The Bertz CT molecular complexity index is 2180. The topological polar surface area (TPSA) is 0 Å². The molecule has 2 aromatic carbocycles. The fraction of sp³-hybridized carbons (Fsp3) is 0.333. The summed E-state index contributed by atoms with van der Waals surface area (Å²) in [6.07, 6.45) is 2.49.